The van der Waals surface area contributed by atoms with Gasteiger partial charge in [-0.25, -0.2) is 0 Å². The molecule has 0 atom stereocenters. The number of hydrogen-bond acceptors (Lipinski definition) is 7. The van der Waals surface area contributed by atoms with E-state index < -0.39 is 11.9 Å². The molecule has 8 nitrogen and oxygen atoms in total. The van der Waals surface area contributed by atoms with E-state index in [4.69, 9.17) is 20.9 Å². The standard InChI is InChI=1S/C18H21N3O5.2ClH/c1-10-13-4-2-3-5-21(13)18(24)12-6-11(25-15(22)8-19)7-14(17(10)12)26-16(23)9-20;;/h6-7H,2-5,8-9,19-20H2,1H3;2*1H. The van der Waals surface area contributed by atoms with Crippen LogP contribution in [-0.4, -0.2) is 29.6 Å². The fraction of sp³-hybridized carbons (Fsp3) is 0.389. The van der Waals surface area contributed by atoms with Gasteiger partial charge in [-0.2, -0.15) is 0 Å². The van der Waals surface area contributed by atoms with Gasteiger partial charge in [-0.05, 0) is 37.8 Å². The van der Waals surface area contributed by atoms with Crippen LogP contribution in [0.1, 0.15) is 24.1 Å². The Balaban J connectivity index is 0.00000196. The number of nitrogens with zero attached hydrogens (tertiary/aromatic N) is 1. The van der Waals surface area contributed by atoms with Gasteiger partial charge in [0.15, 0.2) is 0 Å². The summed E-state index contributed by atoms with van der Waals surface area (Å²) in [5.74, 6) is -1.05. The summed E-state index contributed by atoms with van der Waals surface area (Å²) in [4.78, 5) is 36.2. The van der Waals surface area contributed by atoms with Crippen molar-refractivity contribution in [1.29, 1.82) is 0 Å². The van der Waals surface area contributed by atoms with Crippen molar-refractivity contribution < 1.29 is 19.1 Å². The summed E-state index contributed by atoms with van der Waals surface area (Å²) in [6.45, 7) is 1.91. The molecule has 1 aliphatic rings. The molecule has 3 rings (SSSR count). The molecule has 0 fully saturated rings. The van der Waals surface area contributed by atoms with E-state index in [1.165, 1.54) is 12.1 Å². The van der Waals surface area contributed by atoms with Crippen LogP contribution in [0.2, 0.25) is 0 Å². The normalized spacial score (nSPS) is 12.4. The molecule has 2 heterocycles. The van der Waals surface area contributed by atoms with Gasteiger partial charge in [0.25, 0.3) is 5.56 Å². The second-order valence-electron chi connectivity index (χ2n) is 6.19. The number of fused-ring (bicyclic) bond motifs is 2. The van der Waals surface area contributed by atoms with E-state index >= 15 is 0 Å². The molecule has 0 saturated carbocycles. The fourth-order valence-electron chi connectivity index (χ4n) is 3.36. The Morgan fingerprint density at radius 2 is 1.71 bits per heavy atom. The molecule has 0 saturated heterocycles. The molecule has 1 aromatic heterocycles. The summed E-state index contributed by atoms with van der Waals surface area (Å²) in [7, 11) is 0. The van der Waals surface area contributed by atoms with Crippen LogP contribution < -0.4 is 26.5 Å². The van der Waals surface area contributed by atoms with Gasteiger partial charge in [0.05, 0.1) is 18.5 Å². The zero-order valence-corrected chi connectivity index (χ0v) is 17.0. The predicted molar refractivity (Wildman–Crippen MR) is 110 cm³/mol. The third-order valence-corrected chi connectivity index (χ3v) is 4.52. The molecule has 10 heteroatoms. The molecule has 28 heavy (non-hydrogen) atoms. The van der Waals surface area contributed by atoms with Crippen molar-refractivity contribution in [2.24, 2.45) is 11.5 Å². The van der Waals surface area contributed by atoms with Crippen LogP contribution in [0.5, 0.6) is 11.5 Å². The lowest BCUT2D eigenvalue weighted by atomic mass is 9.98. The van der Waals surface area contributed by atoms with Gasteiger partial charge in [-0.15, -0.1) is 24.8 Å². The van der Waals surface area contributed by atoms with Gasteiger partial charge in [-0.3, -0.25) is 14.4 Å². The first kappa shape index (κ1) is 23.9. The minimum absolute atomic E-state index is 0. The Morgan fingerprint density at radius 3 is 2.36 bits per heavy atom. The molecule has 154 valence electrons. The summed E-state index contributed by atoms with van der Waals surface area (Å²) in [6.07, 6.45) is 2.70. The van der Waals surface area contributed by atoms with Crippen molar-refractivity contribution in [3.05, 3.63) is 33.7 Å². The van der Waals surface area contributed by atoms with Crippen LogP contribution in [0.4, 0.5) is 0 Å². The maximum atomic E-state index is 13.0. The first-order valence-corrected chi connectivity index (χ1v) is 8.47. The first-order valence-electron chi connectivity index (χ1n) is 8.47. The monoisotopic (exact) mass is 431 g/mol. The van der Waals surface area contributed by atoms with Gasteiger partial charge < -0.3 is 25.5 Å². The number of esters is 2. The Morgan fingerprint density at radius 1 is 1.07 bits per heavy atom. The average molecular weight is 432 g/mol. The first-order chi connectivity index (χ1) is 12.5. The number of benzene rings is 1. The minimum Gasteiger partial charge on any atom is -0.425 e. The van der Waals surface area contributed by atoms with Gasteiger partial charge in [0, 0.05) is 23.7 Å². The third kappa shape index (κ3) is 4.47. The number of aryl methyl sites for hydroxylation is 1. The molecule has 0 unspecified atom stereocenters. The topological polar surface area (TPSA) is 127 Å². The SMILES string of the molecule is Cc1c2n(c(=O)c3cc(OC(=O)CN)cc(OC(=O)CN)c13)CCCC2.Cl.Cl. The third-order valence-electron chi connectivity index (χ3n) is 4.52. The van der Waals surface area contributed by atoms with Crippen molar-refractivity contribution in [2.45, 2.75) is 32.7 Å². The second-order valence-corrected chi connectivity index (χ2v) is 6.19. The Kier molecular flexibility index (Phi) is 8.44. The maximum absolute atomic E-state index is 13.0. The van der Waals surface area contributed by atoms with Gasteiger partial charge in [0.1, 0.15) is 11.5 Å². The van der Waals surface area contributed by atoms with Crippen LogP contribution >= 0.6 is 24.8 Å². The number of hydrogen-bond donors (Lipinski definition) is 2. The van der Waals surface area contributed by atoms with E-state index in [1.807, 2.05) is 6.92 Å². The highest BCUT2D eigenvalue weighted by Gasteiger charge is 2.22. The van der Waals surface area contributed by atoms with Crippen molar-refractivity contribution in [1.82, 2.24) is 4.57 Å². The number of rotatable bonds is 4. The predicted octanol–water partition coefficient (Wildman–Crippen LogP) is 1.22. The van der Waals surface area contributed by atoms with Crippen LogP contribution in [0.25, 0.3) is 10.8 Å². The highest BCUT2D eigenvalue weighted by atomic mass is 35.5. The smallest absolute Gasteiger partial charge is 0.325 e. The van der Waals surface area contributed by atoms with Crippen molar-refractivity contribution in [3.63, 3.8) is 0 Å². The molecule has 0 aliphatic carbocycles. The summed E-state index contributed by atoms with van der Waals surface area (Å²) in [6, 6.07) is 2.90. The number of aromatic nitrogens is 1. The van der Waals surface area contributed by atoms with E-state index in [2.05, 4.69) is 0 Å². The molecular formula is C18H23Cl2N3O5. The maximum Gasteiger partial charge on any atom is 0.325 e. The Labute approximate surface area is 174 Å². The summed E-state index contributed by atoms with van der Waals surface area (Å²) in [5.41, 5.74) is 12.2. The molecule has 1 aromatic carbocycles. The summed E-state index contributed by atoms with van der Waals surface area (Å²) in [5, 5.41) is 0.868. The molecule has 0 amide bonds. The van der Waals surface area contributed by atoms with Crippen molar-refractivity contribution in [2.75, 3.05) is 13.1 Å². The van der Waals surface area contributed by atoms with Gasteiger partial charge in [-0.1, -0.05) is 0 Å². The van der Waals surface area contributed by atoms with Crippen molar-refractivity contribution >= 4 is 47.5 Å². The molecule has 0 radical (unpaired) electrons. The lowest BCUT2D eigenvalue weighted by Crippen LogP contribution is -2.28. The van der Waals surface area contributed by atoms with Crippen LogP contribution in [-0.2, 0) is 22.6 Å². The minimum atomic E-state index is -0.657. The van der Waals surface area contributed by atoms with Crippen molar-refractivity contribution in [3.8, 4) is 11.5 Å². The van der Waals surface area contributed by atoms with E-state index in [1.54, 1.807) is 4.57 Å². The van der Waals surface area contributed by atoms with Gasteiger partial charge in [0.2, 0.25) is 0 Å². The van der Waals surface area contributed by atoms with E-state index in [0.717, 1.165) is 30.5 Å². The summed E-state index contributed by atoms with van der Waals surface area (Å²) >= 11 is 0. The molecule has 2 aromatic rings. The highest BCUT2D eigenvalue weighted by Crippen LogP contribution is 2.34. The lowest BCUT2D eigenvalue weighted by molar-refractivity contribution is -0.133. The number of halogens is 2. The molecular weight excluding hydrogens is 409 g/mol. The zero-order valence-electron chi connectivity index (χ0n) is 15.4. The fourth-order valence-corrected chi connectivity index (χ4v) is 3.36. The van der Waals surface area contributed by atoms with E-state index in [-0.39, 0.29) is 55.0 Å². The molecule has 0 spiro atoms. The highest BCUT2D eigenvalue weighted by molar-refractivity contribution is 5.95. The molecule has 0 bridgehead atoms. The number of carbonyl (C=O) groups is 2. The largest absolute Gasteiger partial charge is 0.425 e. The number of pyridine rings is 1. The van der Waals surface area contributed by atoms with Gasteiger partial charge >= 0.3 is 11.9 Å². The Hall–Kier alpha value is -2.13. The summed E-state index contributed by atoms with van der Waals surface area (Å²) < 4.78 is 12.2. The molecule has 1 aliphatic heterocycles. The van der Waals surface area contributed by atoms with Crippen LogP contribution in [0.15, 0.2) is 16.9 Å². The van der Waals surface area contributed by atoms with Crippen LogP contribution in [0, 0.1) is 6.92 Å². The number of ether oxygens (including phenoxy) is 2. The number of carbonyl (C=O) groups excluding carboxylic acids is 2. The Bertz CT molecular complexity index is 959. The second kappa shape index (κ2) is 9.88. The quantitative estimate of drug-likeness (QED) is 0.549. The van der Waals surface area contributed by atoms with Crippen LogP contribution in [0.3, 0.4) is 0 Å². The van der Waals surface area contributed by atoms with E-state index in [0.29, 0.717) is 17.3 Å². The number of nitrogens with two attached hydrogens (primary N) is 2. The van der Waals surface area contributed by atoms with E-state index in [9.17, 15) is 14.4 Å². The lowest BCUT2D eigenvalue weighted by Gasteiger charge is -2.23. The molecule has 4 N–H and O–H groups in total. The average Bonchev–Trinajstić information content (AvgIpc) is 2.65. The zero-order chi connectivity index (χ0) is 18.8.